The summed E-state index contributed by atoms with van der Waals surface area (Å²) in [5, 5.41) is 0. The van der Waals surface area contributed by atoms with Gasteiger partial charge in [-0.3, -0.25) is 9.78 Å². The lowest BCUT2D eigenvalue weighted by atomic mass is 9.91. The number of ether oxygens (including phenoxy) is 1. The van der Waals surface area contributed by atoms with Gasteiger partial charge in [-0.1, -0.05) is 0 Å². The maximum Gasteiger partial charge on any atom is 0.253 e. The zero-order valence-electron chi connectivity index (χ0n) is 14.8. The van der Waals surface area contributed by atoms with Crippen LogP contribution in [0.15, 0.2) is 30.7 Å². The first-order chi connectivity index (χ1) is 12.2. The topological polar surface area (TPSA) is 68.2 Å². The highest BCUT2D eigenvalue weighted by Gasteiger charge is 2.28. The molecular formula is C19H24N4O2. The molecular weight excluding hydrogens is 316 g/mol. The van der Waals surface area contributed by atoms with Crippen LogP contribution in [0, 0.1) is 6.92 Å². The minimum atomic E-state index is 0.0595. The van der Waals surface area contributed by atoms with Gasteiger partial charge in [-0.05, 0) is 38.8 Å². The number of pyridine rings is 1. The minimum absolute atomic E-state index is 0.0595. The first-order valence-corrected chi connectivity index (χ1v) is 8.78. The van der Waals surface area contributed by atoms with E-state index in [4.69, 9.17) is 4.74 Å². The Bertz CT molecular complexity index is 721. The van der Waals surface area contributed by atoms with E-state index in [1.807, 2.05) is 24.9 Å². The third kappa shape index (κ3) is 4.20. The third-order valence-corrected chi connectivity index (χ3v) is 4.50. The summed E-state index contributed by atoms with van der Waals surface area (Å²) in [5.41, 5.74) is 2.73. The summed E-state index contributed by atoms with van der Waals surface area (Å²) in [5.74, 6) is 1.04. The summed E-state index contributed by atoms with van der Waals surface area (Å²) in [6.07, 6.45) is 7.16. The van der Waals surface area contributed by atoms with Gasteiger partial charge in [-0.15, -0.1) is 0 Å². The molecule has 0 spiro atoms. The molecule has 1 unspecified atom stereocenters. The highest BCUT2D eigenvalue weighted by Crippen LogP contribution is 2.29. The number of likely N-dealkylation sites (tertiary alicyclic amines) is 1. The molecule has 0 aromatic carbocycles. The Morgan fingerprint density at radius 1 is 1.36 bits per heavy atom. The molecule has 3 rings (SSSR count). The van der Waals surface area contributed by atoms with Crippen LogP contribution in [-0.2, 0) is 11.3 Å². The fourth-order valence-electron chi connectivity index (χ4n) is 3.25. The Morgan fingerprint density at radius 3 is 2.92 bits per heavy atom. The van der Waals surface area contributed by atoms with Crippen molar-refractivity contribution in [2.24, 2.45) is 0 Å². The second-order valence-electron chi connectivity index (χ2n) is 6.29. The van der Waals surface area contributed by atoms with E-state index in [9.17, 15) is 4.79 Å². The SMILES string of the molecule is CCOCc1cnc(C)nc1C1CCCN(C(=O)c2ccncc2)C1. The monoisotopic (exact) mass is 340 g/mol. The van der Waals surface area contributed by atoms with Crippen LogP contribution in [0.5, 0.6) is 0 Å². The van der Waals surface area contributed by atoms with Gasteiger partial charge in [0.2, 0.25) is 0 Å². The number of piperidine rings is 1. The Balaban J connectivity index is 1.79. The quantitative estimate of drug-likeness (QED) is 0.837. The van der Waals surface area contributed by atoms with Gasteiger partial charge < -0.3 is 9.64 Å². The predicted molar refractivity (Wildman–Crippen MR) is 94.2 cm³/mol. The predicted octanol–water partition coefficient (Wildman–Crippen LogP) is 2.74. The molecule has 6 nitrogen and oxygen atoms in total. The van der Waals surface area contributed by atoms with Gasteiger partial charge in [-0.2, -0.15) is 0 Å². The first-order valence-electron chi connectivity index (χ1n) is 8.78. The highest BCUT2D eigenvalue weighted by atomic mass is 16.5. The summed E-state index contributed by atoms with van der Waals surface area (Å²) in [4.78, 5) is 27.6. The Morgan fingerprint density at radius 2 is 2.16 bits per heavy atom. The van der Waals surface area contributed by atoms with Gasteiger partial charge >= 0.3 is 0 Å². The number of aromatic nitrogens is 3. The smallest absolute Gasteiger partial charge is 0.253 e. The fourth-order valence-corrected chi connectivity index (χ4v) is 3.25. The van der Waals surface area contributed by atoms with E-state index < -0.39 is 0 Å². The molecule has 0 N–H and O–H groups in total. The maximum atomic E-state index is 12.7. The fraction of sp³-hybridized carbons (Fsp3) is 0.474. The number of hydrogen-bond acceptors (Lipinski definition) is 5. The molecule has 132 valence electrons. The molecule has 3 heterocycles. The van der Waals surface area contributed by atoms with Gasteiger partial charge in [-0.25, -0.2) is 9.97 Å². The molecule has 1 aliphatic heterocycles. The molecule has 1 aliphatic rings. The summed E-state index contributed by atoms with van der Waals surface area (Å²) in [6, 6.07) is 3.53. The summed E-state index contributed by atoms with van der Waals surface area (Å²) >= 11 is 0. The number of carbonyl (C=O) groups is 1. The van der Waals surface area contributed by atoms with Crippen LogP contribution in [0.1, 0.15) is 53.1 Å². The second-order valence-corrected chi connectivity index (χ2v) is 6.29. The van der Waals surface area contributed by atoms with Crippen molar-refractivity contribution in [2.45, 2.75) is 39.2 Å². The van der Waals surface area contributed by atoms with Crippen molar-refractivity contribution in [3.63, 3.8) is 0 Å². The standard InChI is InChI=1S/C19H24N4O2/c1-3-25-13-17-11-21-14(2)22-18(17)16-5-4-10-23(12-16)19(24)15-6-8-20-9-7-15/h6-9,11,16H,3-5,10,12-13H2,1-2H3. The maximum absolute atomic E-state index is 12.7. The Hall–Kier alpha value is -2.34. The average Bonchev–Trinajstić information content (AvgIpc) is 2.67. The van der Waals surface area contributed by atoms with Crippen molar-refractivity contribution in [3.8, 4) is 0 Å². The number of hydrogen-bond donors (Lipinski definition) is 0. The number of aryl methyl sites for hydroxylation is 1. The van der Waals surface area contributed by atoms with Gasteiger partial charge in [0.15, 0.2) is 0 Å². The van der Waals surface area contributed by atoms with Crippen LogP contribution in [0.25, 0.3) is 0 Å². The van der Waals surface area contributed by atoms with Crippen LogP contribution >= 0.6 is 0 Å². The van der Waals surface area contributed by atoms with E-state index in [-0.39, 0.29) is 11.8 Å². The number of carbonyl (C=O) groups excluding carboxylic acids is 1. The van der Waals surface area contributed by atoms with Gasteiger partial charge in [0.25, 0.3) is 5.91 Å². The van der Waals surface area contributed by atoms with Gasteiger partial charge in [0, 0.05) is 55.3 Å². The number of amides is 1. The zero-order chi connectivity index (χ0) is 17.6. The number of nitrogens with zero attached hydrogens (tertiary/aromatic N) is 4. The van der Waals surface area contributed by atoms with Crippen molar-refractivity contribution in [1.29, 1.82) is 0 Å². The normalized spacial score (nSPS) is 17.5. The molecule has 0 radical (unpaired) electrons. The molecule has 2 aromatic rings. The van der Waals surface area contributed by atoms with Crippen LogP contribution < -0.4 is 0 Å². The summed E-state index contributed by atoms with van der Waals surface area (Å²) in [7, 11) is 0. The molecule has 2 aromatic heterocycles. The first kappa shape index (κ1) is 17.5. The van der Waals surface area contributed by atoms with Crippen molar-refractivity contribution in [1.82, 2.24) is 19.9 Å². The van der Waals surface area contributed by atoms with E-state index in [0.717, 1.165) is 36.5 Å². The Labute approximate surface area is 148 Å². The average molecular weight is 340 g/mol. The largest absolute Gasteiger partial charge is 0.377 e. The lowest BCUT2D eigenvalue weighted by Crippen LogP contribution is -2.39. The van der Waals surface area contributed by atoms with Gasteiger partial charge in [0.1, 0.15) is 5.82 Å². The summed E-state index contributed by atoms with van der Waals surface area (Å²) in [6.45, 7) is 6.51. The third-order valence-electron chi connectivity index (χ3n) is 4.50. The van der Waals surface area contributed by atoms with Crippen LogP contribution in [-0.4, -0.2) is 45.5 Å². The van der Waals surface area contributed by atoms with E-state index in [2.05, 4.69) is 15.0 Å². The Kier molecular flexibility index (Phi) is 5.71. The zero-order valence-corrected chi connectivity index (χ0v) is 14.8. The molecule has 0 bridgehead atoms. The van der Waals surface area contributed by atoms with Crippen LogP contribution in [0.4, 0.5) is 0 Å². The van der Waals surface area contributed by atoms with Crippen molar-refractivity contribution in [2.75, 3.05) is 19.7 Å². The van der Waals surface area contributed by atoms with E-state index in [0.29, 0.717) is 25.3 Å². The second kappa shape index (κ2) is 8.16. The van der Waals surface area contributed by atoms with Gasteiger partial charge in [0.05, 0.1) is 12.3 Å². The molecule has 1 fully saturated rings. The van der Waals surface area contributed by atoms with E-state index in [1.54, 1.807) is 24.5 Å². The van der Waals surface area contributed by atoms with Crippen molar-refractivity contribution >= 4 is 5.91 Å². The van der Waals surface area contributed by atoms with Crippen LogP contribution in [0.3, 0.4) is 0 Å². The van der Waals surface area contributed by atoms with Crippen LogP contribution in [0.2, 0.25) is 0 Å². The lowest BCUT2D eigenvalue weighted by Gasteiger charge is -2.33. The summed E-state index contributed by atoms with van der Waals surface area (Å²) < 4.78 is 5.57. The molecule has 0 aliphatic carbocycles. The lowest BCUT2D eigenvalue weighted by molar-refractivity contribution is 0.0704. The minimum Gasteiger partial charge on any atom is -0.377 e. The van der Waals surface area contributed by atoms with Crippen molar-refractivity contribution < 1.29 is 9.53 Å². The van der Waals surface area contributed by atoms with E-state index >= 15 is 0 Å². The molecule has 0 saturated carbocycles. The van der Waals surface area contributed by atoms with Crippen molar-refractivity contribution in [3.05, 3.63) is 53.4 Å². The molecule has 1 atom stereocenters. The molecule has 25 heavy (non-hydrogen) atoms. The molecule has 1 amide bonds. The van der Waals surface area contributed by atoms with E-state index in [1.165, 1.54) is 0 Å². The number of rotatable bonds is 5. The highest BCUT2D eigenvalue weighted by molar-refractivity contribution is 5.94. The molecule has 6 heteroatoms. The molecule has 1 saturated heterocycles.